The maximum atomic E-state index is 11.8. The van der Waals surface area contributed by atoms with Crippen molar-refractivity contribution in [1.82, 2.24) is 10.2 Å². The summed E-state index contributed by atoms with van der Waals surface area (Å²) in [5.41, 5.74) is 0. The van der Waals surface area contributed by atoms with E-state index in [1.54, 1.807) is 0 Å². The van der Waals surface area contributed by atoms with Crippen molar-refractivity contribution >= 4 is 11.8 Å². The molecule has 1 N–H and O–H groups in total. The van der Waals surface area contributed by atoms with Crippen LogP contribution in [-0.4, -0.2) is 35.8 Å². The normalized spacial score (nSPS) is 29.2. The van der Waals surface area contributed by atoms with Crippen molar-refractivity contribution < 1.29 is 9.59 Å². The molecule has 2 amide bonds. The van der Waals surface area contributed by atoms with Gasteiger partial charge in [0.15, 0.2) is 0 Å². The Kier molecular flexibility index (Phi) is 2.37. The zero-order valence-corrected chi connectivity index (χ0v) is 9.45. The van der Waals surface area contributed by atoms with E-state index in [2.05, 4.69) is 5.32 Å². The molecular formula is C12H18N2O2. The van der Waals surface area contributed by atoms with Gasteiger partial charge in [0.1, 0.15) is 0 Å². The fraction of sp³-hybridized carbons (Fsp3) is 0.833. The van der Waals surface area contributed by atoms with Crippen molar-refractivity contribution in [3.63, 3.8) is 0 Å². The molecule has 0 aromatic heterocycles. The molecule has 3 fully saturated rings. The van der Waals surface area contributed by atoms with Crippen molar-refractivity contribution in [3.05, 3.63) is 0 Å². The van der Waals surface area contributed by atoms with E-state index in [0.717, 1.165) is 45.2 Å². The fourth-order valence-corrected chi connectivity index (χ4v) is 2.33. The summed E-state index contributed by atoms with van der Waals surface area (Å²) in [6, 6.07) is 0.204. The van der Waals surface area contributed by atoms with Gasteiger partial charge in [0.2, 0.25) is 11.8 Å². The minimum absolute atomic E-state index is 0.200. The van der Waals surface area contributed by atoms with Gasteiger partial charge < -0.3 is 10.2 Å². The van der Waals surface area contributed by atoms with Gasteiger partial charge in [-0.25, -0.2) is 0 Å². The Morgan fingerprint density at radius 3 is 2.31 bits per heavy atom. The molecule has 0 aromatic rings. The second-order valence-corrected chi connectivity index (χ2v) is 5.33. The molecule has 0 spiro atoms. The third-order valence-corrected chi connectivity index (χ3v) is 3.72. The largest absolute Gasteiger partial charge is 0.351 e. The molecule has 4 heteroatoms. The molecule has 16 heavy (non-hydrogen) atoms. The molecular weight excluding hydrogens is 204 g/mol. The van der Waals surface area contributed by atoms with Gasteiger partial charge in [-0.2, -0.15) is 0 Å². The summed E-state index contributed by atoms with van der Waals surface area (Å²) in [5.74, 6) is 1.08. The summed E-state index contributed by atoms with van der Waals surface area (Å²) in [4.78, 5) is 25.3. The minimum atomic E-state index is 0.200. The number of hydrogen-bond acceptors (Lipinski definition) is 2. The van der Waals surface area contributed by atoms with E-state index in [1.807, 2.05) is 4.90 Å². The maximum absolute atomic E-state index is 11.8. The van der Waals surface area contributed by atoms with Gasteiger partial charge >= 0.3 is 0 Å². The Labute approximate surface area is 95.4 Å². The van der Waals surface area contributed by atoms with Gasteiger partial charge in [0, 0.05) is 31.0 Å². The second kappa shape index (κ2) is 3.75. The Bertz CT molecular complexity index is 321. The van der Waals surface area contributed by atoms with E-state index in [0.29, 0.717) is 11.8 Å². The molecule has 0 bridgehead atoms. The van der Waals surface area contributed by atoms with E-state index < -0.39 is 0 Å². The molecule has 4 nitrogen and oxygen atoms in total. The standard InChI is InChI=1S/C12H18N2O2/c15-11(8-1-2-8)13-10-5-6-14(7-10)12(16)9-3-4-9/h8-10H,1-7H2,(H,13,15). The SMILES string of the molecule is O=C(NC1CCN(C(=O)C2CC2)C1)C1CC1. The van der Waals surface area contributed by atoms with Crippen LogP contribution in [0.4, 0.5) is 0 Å². The summed E-state index contributed by atoms with van der Waals surface area (Å²) >= 11 is 0. The van der Waals surface area contributed by atoms with Crippen molar-refractivity contribution in [2.24, 2.45) is 11.8 Å². The molecule has 0 aromatic carbocycles. The van der Waals surface area contributed by atoms with E-state index in [4.69, 9.17) is 0 Å². The monoisotopic (exact) mass is 222 g/mol. The van der Waals surface area contributed by atoms with E-state index >= 15 is 0 Å². The lowest BCUT2D eigenvalue weighted by molar-refractivity contribution is -0.132. The van der Waals surface area contributed by atoms with Crippen molar-refractivity contribution in [3.8, 4) is 0 Å². The lowest BCUT2D eigenvalue weighted by Crippen LogP contribution is -2.39. The number of nitrogens with one attached hydrogen (secondary N) is 1. The smallest absolute Gasteiger partial charge is 0.225 e. The van der Waals surface area contributed by atoms with Crippen LogP contribution in [0.2, 0.25) is 0 Å². The molecule has 1 aliphatic heterocycles. The van der Waals surface area contributed by atoms with Crippen molar-refractivity contribution in [2.45, 2.75) is 38.1 Å². The average molecular weight is 222 g/mol. The Hall–Kier alpha value is -1.06. The van der Waals surface area contributed by atoms with Crippen LogP contribution in [0.5, 0.6) is 0 Å². The summed E-state index contributed by atoms with van der Waals surface area (Å²) < 4.78 is 0. The highest BCUT2D eigenvalue weighted by Gasteiger charge is 2.38. The van der Waals surface area contributed by atoms with E-state index in [1.165, 1.54) is 0 Å². The van der Waals surface area contributed by atoms with Crippen molar-refractivity contribution in [1.29, 1.82) is 0 Å². The molecule has 0 radical (unpaired) electrons. The summed E-state index contributed by atoms with van der Waals surface area (Å²) in [6.07, 6.45) is 5.15. The topological polar surface area (TPSA) is 49.4 Å². The zero-order valence-electron chi connectivity index (χ0n) is 9.45. The molecule has 3 aliphatic rings. The average Bonchev–Trinajstić information content (AvgIpc) is 3.14. The van der Waals surface area contributed by atoms with Crippen LogP contribution in [-0.2, 0) is 9.59 Å². The van der Waals surface area contributed by atoms with E-state index in [-0.39, 0.29) is 17.9 Å². The number of amides is 2. The number of likely N-dealkylation sites (tertiary alicyclic amines) is 1. The van der Waals surface area contributed by atoms with Crippen LogP contribution in [0.3, 0.4) is 0 Å². The quantitative estimate of drug-likeness (QED) is 0.757. The van der Waals surface area contributed by atoms with Crippen LogP contribution in [0.1, 0.15) is 32.1 Å². The van der Waals surface area contributed by atoms with Crippen LogP contribution < -0.4 is 5.32 Å². The third kappa shape index (κ3) is 2.06. The molecule has 2 aliphatic carbocycles. The highest BCUT2D eigenvalue weighted by molar-refractivity contribution is 5.82. The van der Waals surface area contributed by atoms with Gasteiger partial charge in [0.25, 0.3) is 0 Å². The van der Waals surface area contributed by atoms with Gasteiger partial charge in [-0.15, -0.1) is 0 Å². The van der Waals surface area contributed by atoms with Crippen LogP contribution in [0.15, 0.2) is 0 Å². The highest BCUT2D eigenvalue weighted by atomic mass is 16.2. The molecule has 1 saturated heterocycles. The molecule has 1 atom stereocenters. The molecule has 1 heterocycles. The molecule has 1 unspecified atom stereocenters. The molecule has 2 saturated carbocycles. The van der Waals surface area contributed by atoms with Crippen LogP contribution >= 0.6 is 0 Å². The van der Waals surface area contributed by atoms with Gasteiger partial charge in [-0.3, -0.25) is 9.59 Å². The van der Waals surface area contributed by atoms with Gasteiger partial charge in [-0.05, 0) is 32.1 Å². The Balaban J connectivity index is 1.48. The number of carbonyl (C=O) groups excluding carboxylic acids is 2. The molecule has 88 valence electrons. The zero-order chi connectivity index (χ0) is 11.1. The van der Waals surface area contributed by atoms with Gasteiger partial charge in [0.05, 0.1) is 0 Å². The maximum Gasteiger partial charge on any atom is 0.225 e. The first-order valence-electron chi connectivity index (χ1n) is 6.33. The first-order chi connectivity index (χ1) is 7.74. The summed E-state index contributed by atoms with van der Waals surface area (Å²) in [7, 11) is 0. The first kappa shape index (κ1) is 10.1. The number of carbonyl (C=O) groups is 2. The first-order valence-corrected chi connectivity index (χ1v) is 6.33. The number of hydrogen-bond donors (Lipinski definition) is 1. The fourth-order valence-electron chi connectivity index (χ4n) is 2.33. The predicted octanol–water partition coefficient (Wildman–Crippen LogP) is 0.523. The highest BCUT2D eigenvalue weighted by Crippen LogP contribution is 2.32. The predicted molar refractivity (Wildman–Crippen MR) is 58.6 cm³/mol. The lowest BCUT2D eigenvalue weighted by atomic mass is 10.2. The number of nitrogens with zero attached hydrogens (tertiary/aromatic N) is 1. The van der Waals surface area contributed by atoms with Crippen molar-refractivity contribution in [2.75, 3.05) is 13.1 Å². The van der Waals surface area contributed by atoms with Crippen LogP contribution in [0, 0.1) is 11.8 Å². The number of rotatable bonds is 3. The van der Waals surface area contributed by atoms with Gasteiger partial charge in [-0.1, -0.05) is 0 Å². The molecule has 3 rings (SSSR count). The van der Waals surface area contributed by atoms with E-state index in [9.17, 15) is 9.59 Å². The second-order valence-electron chi connectivity index (χ2n) is 5.33. The van der Waals surface area contributed by atoms with Crippen LogP contribution in [0.25, 0.3) is 0 Å². The summed E-state index contributed by atoms with van der Waals surface area (Å²) in [5, 5.41) is 3.05. The third-order valence-electron chi connectivity index (χ3n) is 3.72. The Morgan fingerprint density at radius 1 is 1.00 bits per heavy atom. The lowest BCUT2D eigenvalue weighted by Gasteiger charge is -2.16. The Morgan fingerprint density at radius 2 is 1.69 bits per heavy atom. The minimum Gasteiger partial charge on any atom is -0.351 e. The summed E-state index contributed by atoms with van der Waals surface area (Å²) in [6.45, 7) is 1.55.